The third kappa shape index (κ3) is 7.41. The van der Waals surface area contributed by atoms with Crippen molar-refractivity contribution in [2.24, 2.45) is 4.99 Å². The number of rotatable bonds is 7. The number of hydrogen-bond donors (Lipinski definition) is 2. The lowest BCUT2D eigenvalue weighted by atomic mass is 9.88. The average Bonchev–Trinajstić information content (AvgIpc) is 2.87. The molecule has 2 fully saturated rings. The fraction of sp³-hybridized carbons (Fsp3) is 0.519. The summed E-state index contributed by atoms with van der Waals surface area (Å²) in [7, 11) is 1.90. The van der Waals surface area contributed by atoms with Gasteiger partial charge in [-0.05, 0) is 30.9 Å². The summed E-state index contributed by atoms with van der Waals surface area (Å²) < 4.78 is 5.71. The first kappa shape index (κ1) is 26.9. The number of guanidine groups is 1. The zero-order chi connectivity index (χ0) is 22.9. The van der Waals surface area contributed by atoms with Crippen molar-refractivity contribution in [3.05, 3.63) is 71.8 Å². The molecule has 1 atom stereocenters. The Morgan fingerprint density at radius 2 is 1.59 bits per heavy atom. The van der Waals surface area contributed by atoms with Crippen LogP contribution >= 0.6 is 24.0 Å². The lowest BCUT2D eigenvalue weighted by Crippen LogP contribution is -2.60. The van der Waals surface area contributed by atoms with E-state index in [-0.39, 0.29) is 35.6 Å². The largest absolute Gasteiger partial charge is 0.381 e. The van der Waals surface area contributed by atoms with E-state index >= 15 is 0 Å². The van der Waals surface area contributed by atoms with Crippen molar-refractivity contribution in [1.29, 1.82) is 0 Å². The Bertz CT molecular complexity index is 865. The van der Waals surface area contributed by atoms with E-state index in [0.717, 1.165) is 71.3 Å². The van der Waals surface area contributed by atoms with E-state index < -0.39 is 0 Å². The number of aliphatic imine (C=N–C) groups is 1. The fourth-order valence-electron chi connectivity index (χ4n) is 4.96. The van der Waals surface area contributed by atoms with Gasteiger partial charge in [-0.2, -0.15) is 0 Å². The monoisotopic (exact) mass is 577 g/mol. The summed E-state index contributed by atoms with van der Waals surface area (Å²) in [5, 5.41) is 7.65. The molecule has 0 radical (unpaired) electrons. The Hall–Kier alpha value is -1.68. The minimum Gasteiger partial charge on any atom is -0.381 e. The van der Waals surface area contributed by atoms with Crippen molar-refractivity contribution in [3.63, 3.8) is 0 Å². The molecule has 2 aromatic rings. The topological polar surface area (TPSA) is 52.1 Å². The Morgan fingerprint density at radius 3 is 2.21 bits per heavy atom. The molecule has 2 heterocycles. The summed E-state index contributed by atoms with van der Waals surface area (Å²) in [6.07, 6.45) is 2.00. The molecule has 2 N–H and O–H groups in total. The van der Waals surface area contributed by atoms with Crippen LogP contribution in [0.2, 0.25) is 0 Å². The normalized spacial score (nSPS) is 19.8. The molecule has 0 amide bonds. The second-order valence-corrected chi connectivity index (χ2v) is 9.32. The predicted molar refractivity (Wildman–Crippen MR) is 151 cm³/mol. The Kier molecular flexibility index (Phi) is 10.6. The van der Waals surface area contributed by atoms with Crippen molar-refractivity contribution >= 4 is 29.9 Å². The van der Waals surface area contributed by atoms with E-state index in [1.165, 1.54) is 11.1 Å². The van der Waals surface area contributed by atoms with Gasteiger partial charge in [0.1, 0.15) is 0 Å². The molecule has 0 spiro atoms. The second-order valence-electron chi connectivity index (χ2n) is 9.32. The van der Waals surface area contributed by atoms with Gasteiger partial charge < -0.3 is 20.3 Å². The maximum atomic E-state index is 5.71. The first-order valence-electron chi connectivity index (χ1n) is 12.3. The van der Waals surface area contributed by atoms with Gasteiger partial charge in [-0.15, -0.1) is 24.0 Å². The lowest BCUT2D eigenvalue weighted by molar-refractivity contribution is 0.0351. The summed E-state index contributed by atoms with van der Waals surface area (Å²) in [6, 6.07) is 21.7. The highest BCUT2D eigenvalue weighted by atomic mass is 127. The highest BCUT2D eigenvalue weighted by Gasteiger charge is 2.34. The van der Waals surface area contributed by atoms with Gasteiger partial charge in [0, 0.05) is 71.1 Å². The second kappa shape index (κ2) is 13.4. The maximum absolute atomic E-state index is 5.71. The summed E-state index contributed by atoms with van der Waals surface area (Å²) in [4.78, 5) is 9.56. The average molecular weight is 578 g/mol. The van der Waals surface area contributed by atoms with Gasteiger partial charge in [-0.25, -0.2) is 0 Å². The van der Waals surface area contributed by atoms with Crippen molar-refractivity contribution in [3.8, 4) is 0 Å². The Morgan fingerprint density at radius 1 is 0.971 bits per heavy atom. The third-order valence-corrected chi connectivity index (χ3v) is 6.99. The number of halogens is 1. The van der Waals surface area contributed by atoms with Gasteiger partial charge in [-0.3, -0.25) is 9.89 Å². The number of ether oxygens (including phenoxy) is 1. The molecule has 34 heavy (non-hydrogen) atoms. The van der Waals surface area contributed by atoms with E-state index in [4.69, 9.17) is 4.74 Å². The first-order valence-corrected chi connectivity index (χ1v) is 12.3. The van der Waals surface area contributed by atoms with E-state index in [2.05, 4.69) is 93.0 Å². The maximum Gasteiger partial charge on any atom is 0.193 e. The fourth-order valence-corrected chi connectivity index (χ4v) is 4.96. The van der Waals surface area contributed by atoms with Gasteiger partial charge in [-0.1, -0.05) is 60.7 Å². The number of hydrogen-bond acceptors (Lipinski definition) is 4. The molecule has 186 valence electrons. The molecule has 0 aliphatic carbocycles. The molecule has 0 aromatic heterocycles. The molecule has 6 nitrogen and oxygen atoms in total. The van der Waals surface area contributed by atoms with Crippen LogP contribution in [0.3, 0.4) is 0 Å². The van der Waals surface area contributed by atoms with Gasteiger partial charge in [0.05, 0.1) is 0 Å². The van der Waals surface area contributed by atoms with E-state index in [1.54, 1.807) is 0 Å². The molecule has 0 bridgehead atoms. The molecule has 1 unspecified atom stereocenters. The number of nitrogens with zero attached hydrogens (tertiary/aromatic N) is 3. The van der Waals surface area contributed by atoms with Gasteiger partial charge >= 0.3 is 0 Å². The van der Waals surface area contributed by atoms with Crippen LogP contribution in [-0.4, -0.2) is 74.3 Å². The van der Waals surface area contributed by atoms with E-state index in [9.17, 15) is 0 Å². The van der Waals surface area contributed by atoms with Crippen LogP contribution in [0.25, 0.3) is 0 Å². The summed E-state index contributed by atoms with van der Waals surface area (Å²) >= 11 is 0. The standard InChI is InChI=1S/C27H39N5O.HI/c1-23(25-11-7-4-8-12-25)30-27(13-19-33-20-14-27)22-29-26(28-2)32-17-15-31(16-18-32)21-24-9-5-3-6-10-24;/h3-12,23,30H,13-22H2,1-2H3,(H,28,29);1H. The number of nitrogens with one attached hydrogen (secondary N) is 2. The molecular weight excluding hydrogens is 537 g/mol. The molecule has 2 aromatic carbocycles. The van der Waals surface area contributed by atoms with Crippen LogP contribution in [0.1, 0.15) is 36.9 Å². The quantitative estimate of drug-likeness (QED) is 0.297. The van der Waals surface area contributed by atoms with Crippen LogP contribution in [-0.2, 0) is 11.3 Å². The molecular formula is C27H40IN5O. The molecule has 2 aliphatic heterocycles. The zero-order valence-electron chi connectivity index (χ0n) is 20.6. The van der Waals surface area contributed by atoms with E-state index in [1.807, 2.05) is 7.05 Å². The lowest BCUT2D eigenvalue weighted by Gasteiger charge is -2.42. The van der Waals surface area contributed by atoms with E-state index in [0.29, 0.717) is 0 Å². The molecule has 2 aliphatic rings. The van der Waals surface area contributed by atoms with Gasteiger partial charge in [0.25, 0.3) is 0 Å². The zero-order valence-corrected chi connectivity index (χ0v) is 22.9. The molecule has 2 saturated heterocycles. The number of piperazine rings is 1. The Balaban J connectivity index is 0.00000324. The summed E-state index contributed by atoms with van der Waals surface area (Å²) in [5.74, 6) is 1.01. The molecule has 0 saturated carbocycles. The smallest absolute Gasteiger partial charge is 0.193 e. The van der Waals surface area contributed by atoms with Crippen molar-refractivity contribution in [2.45, 2.75) is 37.9 Å². The first-order chi connectivity index (χ1) is 16.2. The van der Waals surface area contributed by atoms with Crippen LogP contribution in [0.15, 0.2) is 65.7 Å². The van der Waals surface area contributed by atoms with Gasteiger partial charge in [0.15, 0.2) is 5.96 Å². The summed E-state index contributed by atoms with van der Waals surface area (Å²) in [5.41, 5.74) is 2.70. The van der Waals surface area contributed by atoms with Crippen molar-refractivity contribution in [2.75, 3.05) is 53.0 Å². The van der Waals surface area contributed by atoms with Crippen LogP contribution in [0.4, 0.5) is 0 Å². The van der Waals surface area contributed by atoms with Crippen LogP contribution in [0.5, 0.6) is 0 Å². The highest BCUT2D eigenvalue weighted by molar-refractivity contribution is 14.0. The molecule has 7 heteroatoms. The number of benzene rings is 2. The van der Waals surface area contributed by atoms with Crippen molar-refractivity contribution in [1.82, 2.24) is 20.4 Å². The highest BCUT2D eigenvalue weighted by Crippen LogP contribution is 2.25. The SMILES string of the molecule is CN=C(NCC1(NC(C)c2ccccc2)CCOCC1)N1CCN(Cc2ccccc2)CC1.I. The summed E-state index contributed by atoms with van der Waals surface area (Å²) in [6.45, 7) is 9.82. The van der Waals surface area contributed by atoms with Crippen LogP contribution in [0, 0.1) is 0 Å². The minimum atomic E-state index is -0.00141. The Labute approximate surface area is 222 Å². The van der Waals surface area contributed by atoms with Crippen molar-refractivity contribution < 1.29 is 4.74 Å². The van der Waals surface area contributed by atoms with Gasteiger partial charge in [0.2, 0.25) is 0 Å². The van der Waals surface area contributed by atoms with Crippen LogP contribution < -0.4 is 10.6 Å². The minimum absolute atomic E-state index is 0. The third-order valence-electron chi connectivity index (χ3n) is 6.99. The predicted octanol–water partition coefficient (Wildman–Crippen LogP) is 3.90. The molecule has 4 rings (SSSR count).